The molecule has 1 aliphatic rings. The Balaban J connectivity index is 2.04. The van der Waals surface area contributed by atoms with E-state index in [1.165, 1.54) is 16.2 Å². The van der Waals surface area contributed by atoms with Crippen molar-refractivity contribution < 1.29 is 9.53 Å². The van der Waals surface area contributed by atoms with Gasteiger partial charge in [0.2, 0.25) is 0 Å². The fourth-order valence-corrected chi connectivity index (χ4v) is 4.31. The number of amides is 1. The Labute approximate surface area is 185 Å². The second-order valence-corrected chi connectivity index (χ2v) is 9.24. The summed E-state index contributed by atoms with van der Waals surface area (Å²) in [5, 5.41) is 3.26. The molecule has 30 heavy (non-hydrogen) atoms. The lowest BCUT2D eigenvalue weighted by molar-refractivity contribution is -0.122. The molecule has 0 spiro atoms. The highest BCUT2D eigenvalue weighted by Crippen LogP contribution is 2.33. The van der Waals surface area contributed by atoms with Gasteiger partial charge in [-0.05, 0) is 37.0 Å². The average molecular weight is 447 g/mol. The number of aryl methyl sites for hydroxylation is 1. The lowest BCUT2D eigenvalue weighted by Crippen LogP contribution is -2.29. The summed E-state index contributed by atoms with van der Waals surface area (Å²) in [7, 11) is 1.62. The van der Waals surface area contributed by atoms with Gasteiger partial charge in [-0.25, -0.2) is 4.98 Å². The topological polar surface area (TPSA) is 75.9 Å². The zero-order valence-electron chi connectivity index (χ0n) is 17.6. The normalized spacial score (nSPS) is 15.8. The summed E-state index contributed by atoms with van der Waals surface area (Å²) in [4.78, 5) is 32.8. The number of ether oxygens (including phenoxy) is 1. The highest BCUT2D eigenvalue weighted by Gasteiger charge is 2.32. The smallest absolute Gasteiger partial charge is 0.267 e. The maximum atomic E-state index is 13.3. The fraction of sp³-hybridized carbons (Fsp3) is 0.429. The van der Waals surface area contributed by atoms with Crippen molar-refractivity contribution >= 4 is 51.7 Å². The van der Waals surface area contributed by atoms with E-state index in [0.29, 0.717) is 58.3 Å². The number of nitrogens with zero attached hydrogens (tertiary/aromatic N) is 3. The first-order valence-corrected chi connectivity index (χ1v) is 11.1. The van der Waals surface area contributed by atoms with E-state index in [1.807, 2.05) is 19.1 Å². The lowest BCUT2D eigenvalue weighted by atomic mass is 10.2. The van der Waals surface area contributed by atoms with Gasteiger partial charge < -0.3 is 10.1 Å². The molecule has 0 atom stereocenters. The Kier molecular flexibility index (Phi) is 7.27. The number of carbonyl (C=O) groups is 1. The number of methoxy groups -OCH3 is 1. The molecule has 1 N–H and O–H groups in total. The van der Waals surface area contributed by atoms with Gasteiger partial charge >= 0.3 is 0 Å². The van der Waals surface area contributed by atoms with Crippen LogP contribution >= 0.6 is 24.0 Å². The zero-order chi connectivity index (χ0) is 21.8. The molecule has 0 aromatic carbocycles. The van der Waals surface area contributed by atoms with E-state index < -0.39 is 0 Å². The van der Waals surface area contributed by atoms with E-state index in [1.54, 1.807) is 24.3 Å². The number of nitrogens with one attached hydrogen (secondary N) is 1. The summed E-state index contributed by atoms with van der Waals surface area (Å²) in [5.74, 6) is 0.655. The Hall–Kier alpha value is -2.23. The number of aromatic nitrogens is 2. The Bertz CT molecular complexity index is 1060. The van der Waals surface area contributed by atoms with Gasteiger partial charge in [0.05, 0.1) is 10.5 Å². The minimum absolute atomic E-state index is 0.190. The van der Waals surface area contributed by atoms with Crippen LogP contribution in [-0.2, 0) is 9.53 Å². The van der Waals surface area contributed by atoms with Crippen molar-refractivity contribution in [2.75, 3.05) is 32.1 Å². The van der Waals surface area contributed by atoms with E-state index in [9.17, 15) is 9.59 Å². The number of pyridine rings is 1. The Morgan fingerprint density at radius 2 is 2.10 bits per heavy atom. The second-order valence-electron chi connectivity index (χ2n) is 7.57. The minimum atomic E-state index is -0.223. The summed E-state index contributed by atoms with van der Waals surface area (Å²) in [6, 6.07) is 3.73. The molecule has 2 aromatic heterocycles. The molecule has 2 aromatic rings. The molecule has 1 saturated heterocycles. The monoisotopic (exact) mass is 446 g/mol. The van der Waals surface area contributed by atoms with Crippen LogP contribution in [0.1, 0.15) is 31.4 Å². The molecule has 160 valence electrons. The van der Waals surface area contributed by atoms with Crippen molar-refractivity contribution in [1.29, 1.82) is 0 Å². The second kappa shape index (κ2) is 9.72. The first kappa shape index (κ1) is 22.5. The van der Waals surface area contributed by atoms with Gasteiger partial charge in [0.1, 0.15) is 15.8 Å². The SMILES string of the molecule is COCCCN1C(=O)/C(=C/c2c(NCC(C)C)nc3ccc(C)cn3c2=O)SC1=S. The Morgan fingerprint density at radius 3 is 2.80 bits per heavy atom. The number of hydrogen-bond acceptors (Lipinski definition) is 7. The molecule has 1 amide bonds. The summed E-state index contributed by atoms with van der Waals surface area (Å²) in [5.41, 5.74) is 1.64. The fourth-order valence-electron chi connectivity index (χ4n) is 3.02. The standard InChI is InChI=1S/C21H26N4O3S2/c1-13(2)11-22-18-15(19(26)25-12-14(3)6-7-17(25)23-18)10-16-20(27)24(21(29)30-16)8-5-9-28-4/h6-7,10,12-13,22H,5,8-9,11H2,1-4H3/b16-10-. The Morgan fingerprint density at radius 1 is 1.33 bits per heavy atom. The minimum Gasteiger partial charge on any atom is -0.385 e. The number of carbonyl (C=O) groups excluding carboxylic acids is 1. The summed E-state index contributed by atoms with van der Waals surface area (Å²) < 4.78 is 7.06. The highest BCUT2D eigenvalue weighted by atomic mass is 32.2. The zero-order valence-corrected chi connectivity index (χ0v) is 19.2. The number of fused-ring (bicyclic) bond motifs is 1. The largest absolute Gasteiger partial charge is 0.385 e. The maximum absolute atomic E-state index is 13.3. The molecular weight excluding hydrogens is 420 g/mol. The van der Waals surface area contributed by atoms with Crippen LogP contribution in [0.25, 0.3) is 11.7 Å². The van der Waals surface area contributed by atoms with Gasteiger partial charge in [0.25, 0.3) is 11.5 Å². The number of hydrogen-bond donors (Lipinski definition) is 1. The quantitative estimate of drug-likeness (QED) is 0.379. The van der Waals surface area contributed by atoms with Gasteiger partial charge in [-0.15, -0.1) is 0 Å². The van der Waals surface area contributed by atoms with Crippen LogP contribution in [0.2, 0.25) is 0 Å². The molecule has 3 heterocycles. The molecule has 3 rings (SSSR count). The molecule has 1 fully saturated rings. The number of anilines is 1. The third-order valence-electron chi connectivity index (χ3n) is 4.56. The van der Waals surface area contributed by atoms with Crippen LogP contribution in [0.5, 0.6) is 0 Å². The maximum Gasteiger partial charge on any atom is 0.267 e. The average Bonchev–Trinajstić information content (AvgIpc) is 2.96. The van der Waals surface area contributed by atoms with Crippen molar-refractivity contribution in [3.63, 3.8) is 0 Å². The molecule has 1 aliphatic heterocycles. The van der Waals surface area contributed by atoms with Gasteiger partial charge in [-0.2, -0.15) is 0 Å². The van der Waals surface area contributed by atoms with Gasteiger partial charge in [0, 0.05) is 33.0 Å². The van der Waals surface area contributed by atoms with Crippen LogP contribution in [0.15, 0.2) is 28.0 Å². The molecule has 0 saturated carbocycles. The van der Waals surface area contributed by atoms with Crippen molar-refractivity contribution in [2.45, 2.75) is 27.2 Å². The van der Waals surface area contributed by atoms with E-state index in [-0.39, 0.29) is 11.5 Å². The summed E-state index contributed by atoms with van der Waals surface area (Å²) in [6.45, 7) is 7.77. The molecule has 9 heteroatoms. The van der Waals surface area contributed by atoms with Crippen molar-refractivity contribution in [2.24, 2.45) is 5.92 Å². The predicted molar refractivity (Wildman–Crippen MR) is 126 cm³/mol. The number of rotatable bonds is 8. The highest BCUT2D eigenvalue weighted by molar-refractivity contribution is 8.26. The molecule has 0 aliphatic carbocycles. The molecule has 0 radical (unpaired) electrons. The summed E-state index contributed by atoms with van der Waals surface area (Å²) >= 11 is 6.59. The summed E-state index contributed by atoms with van der Waals surface area (Å²) in [6.07, 6.45) is 4.06. The van der Waals surface area contributed by atoms with Crippen molar-refractivity contribution in [3.05, 3.63) is 44.7 Å². The van der Waals surface area contributed by atoms with E-state index in [4.69, 9.17) is 17.0 Å². The molecule has 0 bridgehead atoms. The van der Waals surface area contributed by atoms with Gasteiger partial charge in [-0.3, -0.25) is 18.9 Å². The molecule has 7 nitrogen and oxygen atoms in total. The van der Waals surface area contributed by atoms with Crippen LogP contribution in [0, 0.1) is 12.8 Å². The van der Waals surface area contributed by atoms with E-state index >= 15 is 0 Å². The van der Waals surface area contributed by atoms with E-state index in [0.717, 1.165) is 5.56 Å². The first-order chi connectivity index (χ1) is 14.3. The third kappa shape index (κ3) is 4.91. The lowest BCUT2D eigenvalue weighted by Gasteiger charge is -2.14. The number of thiocarbonyl (C=S) groups is 1. The number of thioether (sulfide) groups is 1. The van der Waals surface area contributed by atoms with Crippen LogP contribution in [0.4, 0.5) is 5.82 Å². The molecule has 0 unspecified atom stereocenters. The van der Waals surface area contributed by atoms with E-state index in [2.05, 4.69) is 24.1 Å². The van der Waals surface area contributed by atoms with Crippen LogP contribution in [-0.4, -0.2) is 51.3 Å². The van der Waals surface area contributed by atoms with Crippen LogP contribution < -0.4 is 10.9 Å². The van der Waals surface area contributed by atoms with Crippen LogP contribution in [0.3, 0.4) is 0 Å². The van der Waals surface area contributed by atoms with Crippen molar-refractivity contribution in [1.82, 2.24) is 14.3 Å². The van der Waals surface area contributed by atoms with Gasteiger partial charge in [-0.1, -0.05) is 43.9 Å². The third-order valence-corrected chi connectivity index (χ3v) is 5.94. The molecular formula is C21H26N4O3S2. The predicted octanol–water partition coefficient (Wildman–Crippen LogP) is 3.31. The van der Waals surface area contributed by atoms with Gasteiger partial charge in [0.15, 0.2) is 0 Å². The first-order valence-electron chi connectivity index (χ1n) is 9.83. The van der Waals surface area contributed by atoms with Crippen molar-refractivity contribution in [3.8, 4) is 0 Å².